The van der Waals surface area contributed by atoms with Crippen LogP contribution in [0.25, 0.3) is 0 Å². The van der Waals surface area contributed by atoms with E-state index in [1.807, 2.05) is 6.92 Å². The molecule has 0 aromatic rings. The van der Waals surface area contributed by atoms with Crippen molar-refractivity contribution in [1.82, 2.24) is 5.32 Å². The van der Waals surface area contributed by atoms with E-state index in [9.17, 15) is 8.42 Å². The van der Waals surface area contributed by atoms with Gasteiger partial charge in [0.15, 0.2) is 0 Å². The van der Waals surface area contributed by atoms with Gasteiger partial charge in [-0.25, -0.2) is 0 Å². The van der Waals surface area contributed by atoms with Crippen LogP contribution in [0, 0.1) is 5.92 Å². The Morgan fingerprint density at radius 2 is 1.73 bits per heavy atom. The molecule has 0 heterocycles. The predicted molar refractivity (Wildman–Crippen MR) is 95.3 cm³/mol. The maximum atomic E-state index is 10.9. The number of rotatable bonds is 11. The van der Waals surface area contributed by atoms with Crippen LogP contribution in [0.1, 0.15) is 77.6 Å². The molecule has 1 unspecified atom stereocenters. The van der Waals surface area contributed by atoms with Gasteiger partial charge in [-0.1, -0.05) is 51.9 Å². The van der Waals surface area contributed by atoms with Gasteiger partial charge < -0.3 is 5.32 Å². The van der Waals surface area contributed by atoms with Gasteiger partial charge in [0.2, 0.25) is 0 Å². The quantitative estimate of drug-likeness (QED) is 0.409. The van der Waals surface area contributed by atoms with Crippen molar-refractivity contribution in [2.45, 2.75) is 83.6 Å². The number of nitrogens with one attached hydrogen (secondary N) is 1. The van der Waals surface area contributed by atoms with E-state index >= 15 is 0 Å². The minimum atomic E-state index is -3.81. The Hall–Kier alpha value is 1.68. The molecule has 0 radical (unpaired) electrons. The van der Waals surface area contributed by atoms with E-state index in [0.717, 1.165) is 38.3 Å². The molecule has 4 nitrogen and oxygen atoms in total. The molecule has 0 aromatic heterocycles. The van der Waals surface area contributed by atoms with Crippen LogP contribution in [0.5, 0.6) is 0 Å². The van der Waals surface area contributed by atoms with Gasteiger partial charge in [0.1, 0.15) is 0 Å². The van der Waals surface area contributed by atoms with Crippen molar-refractivity contribution >= 4 is 68.3 Å². The molecule has 0 bridgehead atoms. The average Bonchev–Trinajstić information content (AvgIpc) is 2.45. The molecule has 1 atom stereocenters. The Morgan fingerprint density at radius 1 is 1.09 bits per heavy atom. The second kappa shape index (κ2) is 13.9. The summed E-state index contributed by atoms with van der Waals surface area (Å²) in [5.74, 6) is 0.0348. The first-order valence-electron chi connectivity index (χ1n) is 8.70. The van der Waals surface area contributed by atoms with Gasteiger partial charge in [0, 0.05) is 6.04 Å². The fourth-order valence-electron chi connectivity index (χ4n) is 3.23. The van der Waals surface area contributed by atoms with Crippen LogP contribution in [-0.4, -0.2) is 89.5 Å². The summed E-state index contributed by atoms with van der Waals surface area (Å²) in [5, 5.41) is 3.65. The van der Waals surface area contributed by atoms with Crippen molar-refractivity contribution in [2.24, 2.45) is 5.92 Å². The van der Waals surface area contributed by atoms with Crippen LogP contribution in [0.2, 0.25) is 0 Å². The van der Waals surface area contributed by atoms with E-state index in [4.69, 9.17) is 4.55 Å². The van der Waals surface area contributed by atoms with Gasteiger partial charge in [-0.2, -0.15) is 8.42 Å². The summed E-state index contributed by atoms with van der Waals surface area (Å²) < 4.78 is 30.6. The van der Waals surface area contributed by atoms with Gasteiger partial charge in [-0.3, -0.25) is 4.55 Å². The van der Waals surface area contributed by atoms with E-state index in [2.05, 4.69) is 5.32 Å². The fourth-order valence-corrected chi connectivity index (χ4v) is 4.23. The van der Waals surface area contributed by atoms with E-state index in [0.29, 0.717) is 0 Å². The molecule has 1 fully saturated rings. The normalized spacial score (nSPS) is 17.9. The summed E-state index contributed by atoms with van der Waals surface area (Å²) in [6.45, 7) is 3.11. The zero-order valence-electron chi connectivity index (χ0n) is 13.5. The third-order valence-electron chi connectivity index (χ3n) is 4.60. The summed E-state index contributed by atoms with van der Waals surface area (Å²) in [5.41, 5.74) is 0. The van der Waals surface area contributed by atoms with E-state index < -0.39 is 10.1 Å². The van der Waals surface area contributed by atoms with E-state index in [-0.39, 0.29) is 69.9 Å². The second-order valence-corrected chi connectivity index (χ2v) is 8.01. The SMILES string of the molecule is CCC(CCCCCCNC1CCCCC1)CS(=O)(=O)O.[RbH]. The van der Waals surface area contributed by atoms with Crippen molar-refractivity contribution in [3.05, 3.63) is 0 Å². The van der Waals surface area contributed by atoms with Crippen molar-refractivity contribution < 1.29 is 13.0 Å². The summed E-state index contributed by atoms with van der Waals surface area (Å²) in [6, 6.07) is 0.748. The molecule has 1 aliphatic carbocycles. The van der Waals surface area contributed by atoms with Gasteiger partial charge in [0.05, 0.1) is 5.75 Å². The first kappa shape index (κ1) is 23.7. The Morgan fingerprint density at radius 3 is 2.32 bits per heavy atom. The summed E-state index contributed by atoms with van der Waals surface area (Å²) in [7, 11) is -3.81. The molecule has 22 heavy (non-hydrogen) atoms. The van der Waals surface area contributed by atoms with Crippen molar-refractivity contribution in [3.63, 3.8) is 0 Å². The molecule has 6 heteroatoms. The number of hydrogen-bond acceptors (Lipinski definition) is 3. The van der Waals surface area contributed by atoms with Gasteiger partial charge in [-0.15, -0.1) is 0 Å². The Kier molecular flexibility index (Phi) is 15.0. The molecule has 1 rings (SSSR count). The first-order valence-corrected chi connectivity index (χ1v) is 10.3. The minimum absolute atomic E-state index is 0. The van der Waals surface area contributed by atoms with Crippen LogP contribution in [0.4, 0.5) is 0 Å². The molecule has 0 spiro atoms. The van der Waals surface area contributed by atoms with E-state index in [1.54, 1.807) is 0 Å². The summed E-state index contributed by atoms with van der Waals surface area (Å²) in [4.78, 5) is 0. The topological polar surface area (TPSA) is 66.4 Å². The standard InChI is InChI=1S/C16H33NO3S.Rb.H/c1-2-15(14-21(18,19)20)10-6-3-4-9-13-17-16-11-7-5-8-12-16;;/h15-17H,2-14H2,1H3,(H,18,19,20);;. The molecule has 1 saturated carbocycles. The second-order valence-electron chi connectivity index (χ2n) is 6.51. The third kappa shape index (κ3) is 13.0. The molecular weight excluding hydrogens is 372 g/mol. The predicted octanol–water partition coefficient (Wildman–Crippen LogP) is 3.12. The number of unbranched alkanes of at least 4 members (excludes halogenated alkanes) is 3. The molecule has 0 amide bonds. The van der Waals surface area contributed by atoms with Gasteiger partial charge >= 0.3 is 58.2 Å². The Labute approximate surface area is 186 Å². The Bertz CT molecular complexity index is 356. The van der Waals surface area contributed by atoms with Crippen molar-refractivity contribution in [2.75, 3.05) is 12.3 Å². The summed E-state index contributed by atoms with van der Waals surface area (Å²) >= 11 is 0. The van der Waals surface area contributed by atoms with Crippen LogP contribution in [0.3, 0.4) is 0 Å². The number of hydrogen-bond donors (Lipinski definition) is 2. The zero-order valence-corrected chi connectivity index (χ0v) is 14.3. The zero-order chi connectivity index (χ0) is 15.6. The van der Waals surface area contributed by atoms with Crippen LogP contribution in [0.15, 0.2) is 0 Å². The van der Waals surface area contributed by atoms with Crippen molar-refractivity contribution in [1.29, 1.82) is 0 Å². The van der Waals surface area contributed by atoms with Gasteiger partial charge in [0.25, 0.3) is 10.1 Å². The molecule has 1 aliphatic rings. The molecule has 0 aliphatic heterocycles. The maximum absolute atomic E-state index is 10.9. The molecule has 128 valence electrons. The van der Waals surface area contributed by atoms with Gasteiger partial charge in [-0.05, 0) is 38.1 Å². The molecular formula is C16H34NO3RbS. The fraction of sp³-hybridized carbons (Fsp3) is 1.00. The first-order chi connectivity index (χ1) is 10.0. The summed E-state index contributed by atoms with van der Waals surface area (Å²) in [6.07, 6.45) is 13.2. The van der Waals surface area contributed by atoms with Crippen LogP contribution in [-0.2, 0) is 10.1 Å². The molecule has 2 N–H and O–H groups in total. The Balaban J connectivity index is 0.00000441. The van der Waals surface area contributed by atoms with Crippen LogP contribution < -0.4 is 5.32 Å². The van der Waals surface area contributed by atoms with Crippen LogP contribution >= 0.6 is 0 Å². The third-order valence-corrected chi connectivity index (χ3v) is 5.49. The molecule has 0 aromatic carbocycles. The molecule has 0 saturated heterocycles. The monoisotopic (exact) mass is 405 g/mol. The van der Waals surface area contributed by atoms with Crippen molar-refractivity contribution in [3.8, 4) is 0 Å². The average molecular weight is 406 g/mol. The van der Waals surface area contributed by atoms with E-state index in [1.165, 1.54) is 44.9 Å².